The number of aromatic nitrogens is 1. The van der Waals surface area contributed by atoms with Crippen LogP contribution in [0.15, 0.2) is 60.1 Å². The minimum absolute atomic E-state index is 0.0426. The SMILES string of the molecule is Cc1ncsc1-c1ccc(CNC(=O)[C@@H]2C[C@@H](O)CN2C(=O)[C@@H](NC(=O)Cc2ccccc2)C(C)(C)C)cc1. The number of aryl methyl sites for hydroxylation is 1. The minimum atomic E-state index is -0.850. The summed E-state index contributed by atoms with van der Waals surface area (Å²) in [5.74, 6) is -0.970. The van der Waals surface area contributed by atoms with Crippen molar-refractivity contribution < 1.29 is 19.5 Å². The molecular weight excluding hydrogens is 512 g/mol. The number of rotatable bonds is 8. The van der Waals surface area contributed by atoms with E-state index in [-0.39, 0.29) is 37.1 Å². The van der Waals surface area contributed by atoms with E-state index in [0.717, 1.165) is 27.3 Å². The predicted octanol–water partition coefficient (Wildman–Crippen LogP) is 3.47. The Balaban J connectivity index is 1.41. The van der Waals surface area contributed by atoms with Gasteiger partial charge in [0.05, 0.1) is 28.6 Å². The number of nitrogens with one attached hydrogen (secondary N) is 2. The molecular formula is C30H36N4O4S. The van der Waals surface area contributed by atoms with E-state index >= 15 is 0 Å². The lowest BCUT2D eigenvalue weighted by Crippen LogP contribution is -2.58. The Morgan fingerprint density at radius 3 is 2.38 bits per heavy atom. The zero-order valence-corrected chi connectivity index (χ0v) is 23.6. The summed E-state index contributed by atoms with van der Waals surface area (Å²) in [6.45, 7) is 7.93. The monoisotopic (exact) mass is 548 g/mol. The van der Waals surface area contributed by atoms with Crippen LogP contribution in [0.2, 0.25) is 0 Å². The number of hydrogen-bond acceptors (Lipinski definition) is 6. The molecule has 3 N–H and O–H groups in total. The first-order valence-corrected chi connectivity index (χ1v) is 14.0. The zero-order valence-electron chi connectivity index (χ0n) is 22.8. The molecule has 206 valence electrons. The smallest absolute Gasteiger partial charge is 0.246 e. The number of β-amino-alcohol motifs (C(OH)–C–C–N with tert-alkyl or cyclic N) is 1. The van der Waals surface area contributed by atoms with Crippen molar-refractivity contribution in [3.63, 3.8) is 0 Å². The number of benzene rings is 2. The van der Waals surface area contributed by atoms with E-state index in [1.165, 1.54) is 4.90 Å². The van der Waals surface area contributed by atoms with E-state index in [0.29, 0.717) is 6.54 Å². The molecule has 0 unspecified atom stereocenters. The van der Waals surface area contributed by atoms with Gasteiger partial charge in [-0.1, -0.05) is 75.4 Å². The molecule has 0 bridgehead atoms. The van der Waals surface area contributed by atoms with Crippen molar-refractivity contribution in [3.8, 4) is 10.4 Å². The van der Waals surface area contributed by atoms with Crippen LogP contribution in [0.1, 0.15) is 44.0 Å². The Hall–Kier alpha value is -3.56. The normalized spacial score (nSPS) is 18.0. The fourth-order valence-electron chi connectivity index (χ4n) is 4.77. The quantitative estimate of drug-likeness (QED) is 0.399. The molecule has 0 saturated carbocycles. The summed E-state index contributed by atoms with van der Waals surface area (Å²) >= 11 is 1.59. The van der Waals surface area contributed by atoms with Gasteiger partial charge in [-0.25, -0.2) is 4.98 Å². The molecule has 39 heavy (non-hydrogen) atoms. The summed E-state index contributed by atoms with van der Waals surface area (Å²) in [6.07, 6.45) is -0.517. The van der Waals surface area contributed by atoms with Crippen molar-refractivity contribution in [2.45, 2.75) is 65.3 Å². The van der Waals surface area contributed by atoms with Crippen molar-refractivity contribution in [2.75, 3.05) is 6.54 Å². The number of nitrogens with zero attached hydrogens (tertiary/aromatic N) is 2. The summed E-state index contributed by atoms with van der Waals surface area (Å²) in [5.41, 5.74) is 5.04. The summed E-state index contributed by atoms with van der Waals surface area (Å²) < 4.78 is 0. The van der Waals surface area contributed by atoms with Gasteiger partial charge in [-0.15, -0.1) is 11.3 Å². The lowest BCUT2D eigenvalue weighted by Gasteiger charge is -2.35. The van der Waals surface area contributed by atoms with Gasteiger partial charge in [0.15, 0.2) is 0 Å². The van der Waals surface area contributed by atoms with Crippen LogP contribution in [0.5, 0.6) is 0 Å². The lowest BCUT2D eigenvalue weighted by molar-refractivity contribution is -0.144. The van der Waals surface area contributed by atoms with Gasteiger partial charge in [0.2, 0.25) is 17.7 Å². The van der Waals surface area contributed by atoms with Crippen LogP contribution in [-0.2, 0) is 27.3 Å². The number of amides is 3. The van der Waals surface area contributed by atoms with E-state index in [9.17, 15) is 19.5 Å². The Bertz CT molecular complexity index is 1300. The second-order valence-corrected chi connectivity index (χ2v) is 12.0. The van der Waals surface area contributed by atoms with Gasteiger partial charge in [0.25, 0.3) is 0 Å². The number of likely N-dealkylation sites (tertiary alicyclic amines) is 1. The highest BCUT2D eigenvalue weighted by atomic mass is 32.1. The third-order valence-electron chi connectivity index (χ3n) is 6.92. The topological polar surface area (TPSA) is 112 Å². The van der Waals surface area contributed by atoms with Crippen molar-refractivity contribution in [3.05, 3.63) is 76.9 Å². The van der Waals surface area contributed by atoms with Gasteiger partial charge < -0.3 is 20.6 Å². The molecule has 0 spiro atoms. The molecule has 2 aromatic carbocycles. The molecule has 3 atom stereocenters. The van der Waals surface area contributed by atoms with Crippen molar-refractivity contribution in [1.82, 2.24) is 20.5 Å². The van der Waals surface area contributed by atoms with E-state index in [1.807, 2.05) is 87.8 Å². The maximum atomic E-state index is 13.7. The van der Waals surface area contributed by atoms with Crippen LogP contribution < -0.4 is 10.6 Å². The van der Waals surface area contributed by atoms with Gasteiger partial charge in [-0.3, -0.25) is 14.4 Å². The second kappa shape index (κ2) is 12.1. The molecule has 1 aliphatic rings. The molecule has 3 amide bonds. The van der Waals surface area contributed by atoms with Gasteiger partial charge in [0.1, 0.15) is 12.1 Å². The maximum absolute atomic E-state index is 13.7. The van der Waals surface area contributed by atoms with E-state index in [4.69, 9.17) is 0 Å². The summed E-state index contributed by atoms with van der Waals surface area (Å²) in [5, 5.41) is 16.2. The number of aliphatic hydroxyl groups is 1. The Kier molecular flexibility index (Phi) is 8.82. The van der Waals surface area contributed by atoms with Crippen LogP contribution in [0.4, 0.5) is 0 Å². The van der Waals surface area contributed by atoms with Crippen molar-refractivity contribution in [2.24, 2.45) is 5.41 Å². The second-order valence-electron chi connectivity index (χ2n) is 11.1. The van der Waals surface area contributed by atoms with E-state index in [2.05, 4.69) is 15.6 Å². The molecule has 2 heterocycles. The van der Waals surface area contributed by atoms with Crippen LogP contribution in [-0.4, -0.2) is 57.4 Å². The molecule has 0 radical (unpaired) electrons. The minimum Gasteiger partial charge on any atom is -0.391 e. The number of thiazole rings is 1. The van der Waals surface area contributed by atoms with Crippen molar-refractivity contribution >= 4 is 29.1 Å². The first-order chi connectivity index (χ1) is 18.5. The highest BCUT2D eigenvalue weighted by Crippen LogP contribution is 2.28. The fourth-order valence-corrected chi connectivity index (χ4v) is 5.59. The summed E-state index contributed by atoms with van der Waals surface area (Å²) in [7, 11) is 0. The average Bonchev–Trinajstić information content (AvgIpc) is 3.51. The maximum Gasteiger partial charge on any atom is 0.246 e. The van der Waals surface area contributed by atoms with Crippen LogP contribution in [0.3, 0.4) is 0 Å². The number of carbonyl (C=O) groups is 3. The van der Waals surface area contributed by atoms with Gasteiger partial charge >= 0.3 is 0 Å². The Morgan fingerprint density at radius 1 is 1.08 bits per heavy atom. The largest absolute Gasteiger partial charge is 0.391 e. The van der Waals surface area contributed by atoms with Crippen LogP contribution in [0, 0.1) is 12.3 Å². The third-order valence-corrected chi connectivity index (χ3v) is 7.90. The van der Waals surface area contributed by atoms with E-state index in [1.54, 1.807) is 11.3 Å². The molecule has 1 aromatic heterocycles. The molecule has 1 saturated heterocycles. The molecule has 0 aliphatic carbocycles. The summed E-state index contributed by atoms with van der Waals surface area (Å²) in [6, 6.07) is 15.6. The summed E-state index contributed by atoms with van der Waals surface area (Å²) in [4.78, 5) is 46.6. The molecule has 9 heteroatoms. The number of aliphatic hydroxyl groups excluding tert-OH is 1. The fraction of sp³-hybridized carbons (Fsp3) is 0.400. The van der Waals surface area contributed by atoms with Gasteiger partial charge in [0, 0.05) is 19.5 Å². The molecule has 4 rings (SSSR count). The van der Waals surface area contributed by atoms with Gasteiger partial charge in [-0.05, 0) is 29.0 Å². The Morgan fingerprint density at radius 2 is 1.77 bits per heavy atom. The zero-order chi connectivity index (χ0) is 28.2. The first kappa shape index (κ1) is 28.4. The highest BCUT2D eigenvalue weighted by molar-refractivity contribution is 7.13. The molecule has 1 aliphatic heterocycles. The third kappa shape index (κ3) is 7.10. The van der Waals surface area contributed by atoms with Crippen LogP contribution >= 0.6 is 11.3 Å². The van der Waals surface area contributed by atoms with E-state index < -0.39 is 23.6 Å². The lowest BCUT2D eigenvalue weighted by atomic mass is 9.85. The predicted molar refractivity (Wildman–Crippen MR) is 152 cm³/mol. The molecule has 1 fully saturated rings. The first-order valence-electron chi connectivity index (χ1n) is 13.1. The highest BCUT2D eigenvalue weighted by Gasteiger charge is 2.44. The standard InChI is InChI=1S/C30H36N4O4S/c1-19-26(39-18-32-19)22-12-10-21(11-13-22)16-31-28(37)24-15-23(35)17-34(24)29(38)27(30(2,3)4)33-25(36)14-20-8-6-5-7-9-20/h5-13,18,23-24,27,35H,14-17H2,1-4H3,(H,31,37)(H,33,36)/t23-,24+,27-/m1/s1. The van der Waals surface area contributed by atoms with Gasteiger partial charge in [-0.2, -0.15) is 0 Å². The number of hydrogen-bond donors (Lipinski definition) is 3. The number of carbonyl (C=O) groups excluding carboxylic acids is 3. The van der Waals surface area contributed by atoms with Crippen molar-refractivity contribution in [1.29, 1.82) is 0 Å². The molecule has 8 nitrogen and oxygen atoms in total. The van der Waals surface area contributed by atoms with Crippen LogP contribution in [0.25, 0.3) is 10.4 Å². The Labute approximate surface area is 233 Å². The molecule has 3 aromatic rings. The average molecular weight is 549 g/mol.